The first-order valence-electron chi connectivity index (χ1n) is 8.38. The molecule has 0 amide bonds. The molecule has 1 atom stereocenters. The van der Waals surface area contributed by atoms with Crippen LogP contribution in [0.5, 0.6) is 5.75 Å². The Hall–Kier alpha value is -2.63. The molecule has 1 unspecified atom stereocenters. The summed E-state index contributed by atoms with van der Waals surface area (Å²) in [5.41, 5.74) is 8.15. The Kier molecular flexibility index (Phi) is 3.80. The minimum absolute atomic E-state index is 0.0399. The number of likely N-dealkylation sites (tertiary alicyclic amines) is 1. The molecule has 1 aromatic carbocycles. The number of ether oxygens (including phenoxy) is 1. The smallest absolute Gasteiger partial charge is 0.233 e. The van der Waals surface area contributed by atoms with Gasteiger partial charge in [-0.2, -0.15) is 0 Å². The number of aromatic nitrogens is 1. The lowest BCUT2D eigenvalue weighted by Gasteiger charge is -2.36. The van der Waals surface area contributed by atoms with Crippen LogP contribution in [0.3, 0.4) is 0 Å². The minimum Gasteiger partial charge on any atom is -0.484 e. The van der Waals surface area contributed by atoms with Gasteiger partial charge in [-0.3, -0.25) is 0 Å². The molecule has 0 radical (unpaired) electrons. The van der Waals surface area contributed by atoms with Crippen LogP contribution >= 0.6 is 0 Å². The van der Waals surface area contributed by atoms with E-state index in [1.165, 1.54) is 11.3 Å². The first-order valence-corrected chi connectivity index (χ1v) is 8.38. The Bertz CT molecular complexity index is 747. The van der Waals surface area contributed by atoms with Gasteiger partial charge in [0.25, 0.3) is 0 Å². The van der Waals surface area contributed by atoms with E-state index < -0.39 is 0 Å². The highest BCUT2D eigenvalue weighted by Gasteiger charge is 2.33. The molecular formula is C18H22N4O2. The molecule has 2 aliphatic heterocycles. The van der Waals surface area contributed by atoms with Crippen LogP contribution in [0.4, 0.5) is 0 Å². The molecule has 4 rings (SSSR count). The van der Waals surface area contributed by atoms with Crippen LogP contribution in [0.25, 0.3) is 0 Å². The van der Waals surface area contributed by atoms with Crippen molar-refractivity contribution in [3.05, 3.63) is 53.9 Å². The van der Waals surface area contributed by atoms with Gasteiger partial charge < -0.3 is 25.1 Å². The first-order chi connectivity index (χ1) is 11.8. The molecule has 3 heterocycles. The van der Waals surface area contributed by atoms with Crippen LogP contribution in [0.15, 0.2) is 47.8 Å². The molecule has 0 saturated carbocycles. The van der Waals surface area contributed by atoms with Gasteiger partial charge in [0, 0.05) is 30.8 Å². The zero-order valence-corrected chi connectivity index (χ0v) is 13.5. The molecule has 24 heavy (non-hydrogen) atoms. The van der Waals surface area contributed by atoms with E-state index in [9.17, 15) is 0 Å². The molecule has 0 aliphatic carbocycles. The fourth-order valence-corrected chi connectivity index (χ4v) is 3.79. The van der Waals surface area contributed by atoms with Gasteiger partial charge in [-0.1, -0.05) is 23.4 Å². The fraction of sp³-hybridized carbons (Fsp3) is 0.389. The van der Waals surface area contributed by atoms with Crippen LogP contribution < -0.4 is 10.5 Å². The number of nitrogens with zero attached hydrogens (tertiary/aromatic N) is 3. The lowest BCUT2D eigenvalue weighted by Crippen LogP contribution is -2.44. The van der Waals surface area contributed by atoms with Crippen molar-refractivity contribution in [2.24, 2.45) is 16.8 Å². The largest absolute Gasteiger partial charge is 0.484 e. The maximum absolute atomic E-state index is 8.84. The van der Waals surface area contributed by atoms with Gasteiger partial charge in [0.2, 0.25) is 5.96 Å². The molecule has 0 bridgehead atoms. The Balaban J connectivity index is 1.59. The maximum Gasteiger partial charge on any atom is 0.233 e. The summed E-state index contributed by atoms with van der Waals surface area (Å²) in [7, 11) is 0. The third-order valence-corrected chi connectivity index (χ3v) is 5.12. The summed E-state index contributed by atoms with van der Waals surface area (Å²) in [6.07, 6.45) is 4.07. The average molecular weight is 326 g/mol. The number of para-hydroxylation sites is 1. The Morgan fingerprint density at radius 3 is 2.75 bits per heavy atom. The van der Waals surface area contributed by atoms with Gasteiger partial charge in [0.1, 0.15) is 11.9 Å². The van der Waals surface area contributed by atoms with Crippen LogP contribution in [0.1, 0.15) is 30.2 Å². The van der Waals surface area contributed by atoms with E-state index in [0.29, 0.717) is 5.92 Å². The number of rotatable bonds is 1. The van der Waals surface area contributed by atoms with Gasteiger partial charge in [0.05, 0.1) is 12.2 Å². The summed E-state index contributed by atoms with van der Waals surface area (Å²) in [4.78, 5) is 1.92. The monoisotopic (exact) mass is 326 g/mol. The van der Waals surface area contributed by atoms with Crippen molar-refractivity contribution >= 4 is 5.96 Å². The van der Waals surface area contributed by atoms with Crippen molar-refractivity contribution in [3.8, 4) is 5.75 Å². The van der Waals surface area contributed by atoms with E-state index >= 15 is 0 Å². The fourth-order valence-electron chi connectivity index (χ4n) is 3.79. The standard InChI is InChI=1S/C18H22N4O2/c19-18(20-23)21-10-7-13(8-11-21)17-15-5-3-9-22(15)12-14-4-1-2-6-16(14)24-17/h1-6,9,13,17,23H,7-8,10-12H2,(H2,19,20). The van der Waals surface area contributed by atoms with E-state index in [4.69, 9.17) is 15.7 Å². The predicted molar refractivity (Wildman–Crippen MR) is 91.1 cm³/mol. The van der Waals surface area contributed by atoms with Crippen LogP contribution in [-0.4, -0.2) is 33.7 Å². The molecule has 1 saturated heterocycles. The number of hydrogen-bond donors (Lipinski definition) is 2. The quantitative estimate of drug-likeness (QED) is 0.365. The third-order valence-electron chi connectivity index (χ3n) is 5.12. The average Bonchev–Trinajstić information content (AvgIpc) is 3.02. The molecule has 1 fully saturated rings. The number of nitrogens with two attached hydrogens (primary N) is 1. The predicted octanol–water partition coefficient (Wildman–Crippen LogP) is 2.39. The molecule has 2 aliphatic rings. The molecule has 1 aromatic heterocycles. The number of oxime groups is 1. The summed E-state index contributed by atoms with van der Waals surface area (Å²) < 4.78 is 8.74. The second-order valence-electron chi connectivity index (χ2n) is 6.49. The first kappa shape index (κ1) is 14.9. The van der Waals surface area contributed by atoms with Gasteiger partial charge in [0.15, 0.2) is 0 Å². The molecule has 2 aromatic rings. The minimum atomic E-state index is 0.0399. The number of hydrogen-bond acceptors (Lipinski definition) is 3. The highest BCUT2D eigenvalue weighted by atomic mass is 16.5. The lowest BCUT2D eigenvalue weighted by atomic mass is 9.89. The zero-order valence-electron chi connectivity index (χ0n) is 13.5. The van der Waals surface area contributed by atoms with E-state index in [1.807, 2.05) is 11.0 Å². The maximum atomic E-state index is 8.84. The lowest BCUT2D eigenvalue weighted by molar-refractivity contribution is 0.0908. The SMILES string of the molecule is N/C(=N/O)N1CCC(C2Oc3ccccc3Cn3cccc32)CC1. The van der Waals surface area contributed by atoms with Gasteiger partial charge in [-0.15, -0.1) is 0 Å². The molecule has 6 heteroatoms. The highest BCUT2D eigenvalue weighted by molar-refractivity contribution is 5.77. The summed E-state index contributed by atoms with van der Waals surface area (Å²) in [5.74, 6) is 1.58. The van der Waals surface area contributed by atoms with E-state index in [0.717, 1.165) is 38.2 Å². The second-order valence-corrected chi connectivity index (χ2v) is 6.49. The summed E-state index contributed by atoms with van der Waals surface area (Å²) in [5, 5.41) is 12.0. The number of piperidine rings is 1. The van der Waals surface area contributed by atoms with Crippen molar-refractivity contribution in [2.45, 2.75) is 25.5 Å². The van der Waals surface area contributed by atoms with Crippen LogP contribution in [0, 0.1) is 5.92 Å². The topological polar surface area (TPSA) is 76.0 Å². The summed E-state index contributed by atoms with van der Waals surface area (Å²) in [6.45, 7) is 2.41. The van der Waals surface area contributed by atoms with Gasteiger partial charge in [-0.05, 0) is 31.0 Å². The van der Waals surface area contributed by atoms with Crippen molar-refractivity contribution in [3.63, 3.8) is 0 Å². The zero-order chi connectivity index (χ0) is 16.5. The van der Waals surface area contributed by atoms with Crippen molar-refractivity contribution < 1.29 is 9.94 Å². The highest BCUT2D eigenvalue weighted by Crippen LogP contribution is 2.38. The van der Waals surface area contributed by atoms with Crippen molar-refractivity contribution in [2.75, 3.05) is 13.1 Å². The Morgan fingerprint density at radius 2 is 1.96 bits per heavy atom. The number of benzene rings is 1. The van der Waals surface area contributed by atoms with Crippen molar-refractivity contribution in [1.82, 2.24) is 9.47 Å². The summed E-state index contributed by atoms with van der Waals surface area (Å²) >= 11 is 0. The second kappa shape index (κ2) is 6.11. The summed E-state index contributed by atoms with van der Waals surface area (Å²) in [6, 6.07) is 12.5. The molecular weight excluding hydrogens is 304 g/mol. The normalized spacial score (nSPS) is 21.6. The molecule has 3 N–H and O–H groups in total. The van der Waals surface area contributed by atoms with E-state index in [2.05, 4.69) is 46.3 Å². The Morgan fingerprint density at radius 1 is 1.17 bits per heavy atom. The van der Waals surface area contributed by atoms with E-state index in [-0.39, 0.29) is 12.1 Å². The van der Waals surface area contributed by atoms with E-state index in [1.54, 1.807) is 0 Å². The van der Waals surface area contributed by atoms with Gasteiger partial charge in [-0.25, -0.2) is 0 Å². The Labute approximate surface area is 141 Å². The molecule has 0 spiro atoms. The van der Waals surface area contributed by atoms with Crippen molar-refractivity contribution in [1.29, 1.82) is 0 Å². The van der Waals surface area contributed by atoms with Gasteiger partial charge >= 0.3 is 0 Å². The van der Waals surface area contributed by atoms with Crippen LogP contribution in [0.2, 0.25) is 0 Å². The third kappa shape index (κ3) is 2.58. The molecule has 126 valence electrons. The number of guanidine groups is 1. The number of fused-ring (bicyclic) bond motifs is 2. The van der Waals surface area contributed by atoms with Crippen LogP contribution in [-0.2, 0) is 6.54 Å². The molecule has 6 nitrogen and oxygen atoms in total.